The van der Waals surface area contributed by atoms with Crippen molar-refractivity contribution in [2.45, 2.75) is 56.6 Å². The van der Waals surface area contributed by atoms with E-state index in [0.717, 1.165) is 18.7 Å². The predicted octanol–water partition coefficient (Wildman–Crippen LogP) is 5.19. The van der Waals surface area contributed by atoms with Gasteiger partial charge in [-0.2, -0.15) is 13.2 Å². The summed E-state index contributed by atoms with van der Waals surface area (Å²) >= 11 is 1.72. The predicted molar refractivity (Wildman–Crippen MR) is 83.9 cm³/mol. The fraction of sp³-hybridized carbons (Fsp3) is 0.625. The van der Waals surface area contributed by atoms with Crippen molar-refractivity contribution in [1.82, 2.24) is 5.32 Å². The Kier molecular flexibility index (Phi) is 8.19. The highest BCUT2D eigenvalue weighted by Crippen LogP contribution is 2.26. The summed E-state index contributed by atoms with van der Waals surface area (Å²) in [6.45, 7) is 4.97. The van der Waals surface area contributed by atoms with Crippen LogP contribution in [0, 0.1) is 6.92 Å². The number of aryl methyl sites for hydroxylation is 1. The molecule has 21 heavy (non-hydrogen) atoms. The molecule has 1 rings (SSSR count). The quantitative estimate of drug-likeness (QED) is 0.629. The van der Waals surface area contributed by atoms with Crippen molar-refractivity contribution in [3.8, 4) is 0 Å². The van der Waals surface area contributed by atoms with Crippen LogP contribution in [0.25, 0.3) is 0 Å². The van der Waals surface area contributed by atoms with Crippen molar-refractivity contribution in [2.24, 2.45) is 0 Å². The third-order valence-corrected chi connectivity index (χ3v) is 4.57. The maximum Gasteiger partial charge on any atom is 0.389 e. The Morgan fingerprint density at radius 1 is 1.24 bits per heavy atom. The monoisotopic (exact) mass is 319 g/mol. The Balaban J connectivity index is 2.44. The second-order valence-corrected chi connectivity index (χ2v) is 6.30. The lowest BCUT2D eigenvalue weighted by molar-refractivity contribution is -0.135. The molecule has 1 nitrogen and oxygen atoms in total. The van der Waals surface area contributed by atoms with Gasteiger partial charge in [0.25, 0.3) is 0 Å². The summed E-state index contributed by atoms with van der Waals surface area (Å²) in [6.07, 6.45) is -2.98. The SMILES string of the molecule is CCCNC(CCCC(F)(F)F)CSc1ccccc1C. The molecule has 5 heteroatoms. The lowest BCUT2D eigenvalue weighted by Crippen LogP contribution is -2.32. The van der Waals surface area contributed by atoms with Gasteiger partial charge in [0.2, 0.25) is 0 Å². The third kappa shape index (κ3) is 8.37. The standard InChI is InChI=1S/C16H24F3NS/c1-3-11-20-14(8-6-10-16(17,18)19)12-21-15-9-5-4-7-13(15)2/h4-5,7,9,14,20H,3,6,8,10-12H2,1-2H3. The Morgan fingerprint density at radius 2 is 1.95 bits per heavy atom. The van der Waals surface area contributed by atoms with E-state index in [4.69, 9.17) is 0 Å². The molecular weight excluding hydrogens is 295 g/mol. The molecule has 0 fully saturated rings. The van der Waals surface area contributed by atoms with Gasteiger partial charge in [-0.05, 0) is 44.4 Å². The number of halogens is 3. The normalized spacial score (nSPS) is 13.4. The Hall–Kier alpha value is -0.680. The van der Waals surface area contributed by atoms with Crippen molar-refractivity contribution < 1.29 is 13.2 Å². The average molecular weight is 319 g/mol. The summed E-state index contributed by atoms with van der Waals surface area (Å²) in [5.41, 5.74) is 1.21. The first kappa shape index (κ1) is 18.4. The van der Waals surface area contributed by atoms with Crippen molar-refractivity contribution >= 4 is 11.8 Å². The number of alkyl halides is 3. The minimum Gasteiger partial charge on any atom is -0.313 e. The smallest absolute Gasteiger partial charge is 0.313 e. The summed E-state index contributed by atoms with van der Waals surface area (Å²) in [5, 5.41) is 3.36. The van der Waals surface area contributed by atoms with Gasteiger partial charge in [0.15, 0.2) is 0 Å². The second kappa shape index (κ2) is 9.36. The van der Waals surface area contributed by atoms with Gasteiger partial charge < -0.3 is 5.32 Å². The van der Waals surface area contributed by atoms with Crippen LogP contribution in [-0.4, -0.2) is 24.5 Å². The molecule has 0 bridgehead atoms. The van der Waals surface area contributed by atoms with Gasteiger partial charge in [-0.1, -0.05) is 25.1 Å². The minimum absolute atomic E-state index is 0.136. The van der Waals surface area contributed by atoms with Crippen LogP contribution < -0.4 is 5.32 Å². The fourth-order valence-electron chi connectivity index (χ4n) is 2.05. The lowest BCUT2D eigenvalue weighted by atomic mass is 10.1. The first-order valence-electron chi connectivity index (χ1n) is 7.41. The van der Waals surface area contributed by atoms with Gasteiger partial charge >= 0.3 is 6.18 Å². The van der Waals surface area contributed by atoms with Crippen molar-refractivity contribution in [3.63, 3.8) is 0 Å². The van der Waals surface area contributed by atoms with Crippen LogP contribution in [0.5, 0.6) is 0 Å². The Morgan fingerprint density at radius 3 is 2.57 bits per heavy atom. The molecule has 120 valence electrons. The van der Waals surface area contributed by atoms with E-state index in [1.807, 2.05) is 12.1 Å². The second-order valence-electron chi connectivity index (χ2n) is 5.23. The van der Waals surface area contributed by atoms with E-state index in [2.05, 4.69) is 31.3 Å². The number of rotatable bonds is 9. The van der Waals surface area contributed by atoms with Crippen LogP contribution in [0.3, 0.4) is 0 Å². The molecule has 1 aromatic rings. The number of benzene rings is 1. The van der Waals surface area contributed by atoms with Gasteiger partial charge in [-0.3, -0.25) is 0 Å². The molecule has 0 saturated carbocycles. The van der Waals surface area contributed by atoms with E-state index >= 15 is 0 Å². The molecule has 0 saturated heterocycles. The fourth-order valence-corrected chi connectivity index (χ4v) is 3.19. The topological polar surface area (TPSA) is 12.0 Å². The zero-order valence-electron chi connectivity index (χ0n) is 12.7. The molecule has 1 aromatic carbocycles. The van der Waals surface area contributed by atoms with Crippen LogP contribution >= 0.6 is 11.8 Å². The summed E-state index contributed by atoms with van der Waals surface area (Å²) in [7, 11) is 0. The molecule has 0 heterocycles. The molecule has 0 radical (unpaired) electrons. The van der Waals surface area contributed by atoms with Gasteiger partial charge in [0, 0.05) is 23.1 Å². The maximum atomic E-state index is 12.2. The molecule has 0 aliphatic carbocycles. The molecule has 1 unspecified atom stereocenters. The van der Waals surface area contributed by atoms with Crippen LogP contribution in [0.2, 0.25) is 0 Å². The van der Waals surface area contributed by atoms with Crippen LogP contribution in [0.15, 0.2) is 29.2 Å². The minimum atomic E-state index is -4.04. The zero-order valence-corrected chi connectivity index (χ0v) is 13.5. The Labute approximate surface area is 129 Å². The van der Waals surface area contributed by atoms with Crippen LogP contribution in [0.4, 0.5) is 13.2 Å². The molecule has 0 aliphatic heterocycles. The summed E-state index contributed by atoms with van der Waals surface area (Å²) in [6, 6.07) is 8.24. The largest absolute Gasteiger partial charge is 0.389 e. The lowest BCUT2D eigenvalue weighted by Gasteiger charge is -2.19. The summed E-state index contributed by atoms with van der Waals surface area (Å²) in [5.74, 6) is 0.808. The van der Waals surface area contributed by atoms with Crippen molar-refractivity contribution in [3.05, 3.63) is 29.8 Å². The first-order chi connectivity index (χ1) is 9.92. The molecule has 0 amide bonds. The highest BCUT2D eigenvalue weighted by atomic mass is 32.2. The molecular formula is C16H24F3NS. The van der Waals surface area contributed by atoms with Gasteiger partial charge in [0.1, 0.15) is 0 Å². The van der Waals surface area contributed by atoms with Crippen molar-refractivity contribution in [2.75, 3.05) is 12.3 Å². The van der Waals surface area contributed by atoms with Crippen LogP contribution in [0.1, 0.15) is 38.2 Å². The number of nitrogens with one attached hydrogen (secondary N) is 1. The van der Waals surface area contributed by atoms with Gasteiger partial charge in [-0.25, -0.2) is 0 Å². The average Bonchev–Trinajstić information content (AvgIpc) is 2.41. The molecule has 0 aliphatic rings. The van der Waals surface area contributed by atoms with E-state index in [1.165, 1.54) is 10.5 Å². The molecule has 0 aromatic heterocycles. The Bertz CT molecular complexity index is 407. The maximum absolute atomic E-state index is 12.2. The molecule has 1 N–H and O–H groups in total. The number of hydrogen-bond acceptors (Lipinski definition) is 2. The summed E-state index contributed by atoms with van der Waals surface area (Å²) in [4.78, 5) is 1.21. The van der Waals surface area contributed by atoms with Crippen LogP contribution in [-0.2, 0) is 0 Å². The highest BCUT2D eigenvalue weighted by Gasteiger charge is 2.26. The number of thioether (sulfide) groups is 1. The summed E-state index contributed by atoms with van der Waals surface area (Å²) < 4.78 is 36.7. The van der Waals surface area contributed by atoms with Crippen molar-refractivity contribution in [1.29, 1.82) is 0 Å². The zero-order chi connectivity index (χ0) is 15.7. The third-order valence-electron chi connectivity index (χ3n) is 3.23. The molecule has 0 spiro atoms. The van der Waals surface area contributed by atoms with E-state index in [0.29, 0.717) is 6.42 Å². The highest BCUT2D eigenvalue weighted by molar-refractivity contribution is 7.99. The van der Waals surface area contributed by atoms with E-state index in [9.17, 15) is 13.2 Å². The van der Waals surface area contributed by atoms with E-state index < -0.39 is 12.6 Å². The number of hydrogen-bond donors (Lipinski definition) is 1. The van der Waals surface area contributed by atoms with E-state index in [-0.39, 0.29) is 12.5 Å². The van der Waals surface area contributed by atoms with Gasteiger partial charge in [0.05, 0.1) is 0 Å². The molecule has 1 atom stereocenters. The van der Waals surface area contributed by atoms with E-state index in [1.54, 1.807) is 11.8 Å². The van der Waals surface area contributed by atoms with Gasteiger partial charge in [-0.15, -0.1) is 11.8 Å². The first-order valence-corrected chi connectivity index (χ1v) is 8.39.